The Morgan fingerprint density at radius 1 is 1.54 bits per heavy atom. The van der Waals surface area contributed by atoms with Gasteiger partial charge >= 0.3 is 0 Å². The predicted molar refractivity (Wildman–Crippen MR) is 61.7 cm³/mol. The Hall–Kier alpha value is -0.640. The molecule has 0 bridgehead atoms. The monoisotopic (exact) mass is 201 g/mol. The van der Waals surface area contributed by atoms with Gasteiger partial charge in [0, 0.05) is 5.71 Å². The van der Waals surface area contributed by atoms with Gasteiger partial charge in [-0.1, -0.05) is 27.2 Å². The van der Waals surface area contributed by atoms with Crippen molar-refractivity contribution in [3.8, 4) is 0 Å². The lowest BCUT2D eigenvalue weighted by molar-refractivity contribution is 0.652. The molecule has 1 atom stereocenters. The minimum absolute atomic E-state index is 0.231. The molecule has 13 heavy (non-hydrogen) atoms. The molecule has 76 valence electrons. The van der Waals surface area contributed by atoms with E-state index >= 15 is 0 Å². The molecule has 0 amide bonds. The van der Waals surface area contributed by atoms with Crippen LogP contribution in [0.1, 0.15) is 40.0 Å². The first-order valence-electron chi connectivity index (χ1n) is 4.73. The summed E-state index contributed by atoms with van der Waals surface area (Å²) in [5, 5.41) is 4.39. The molecule has 0 radical (unpaired) electrons. The van der Waals surface area contributed by atoms with Gasteiger partial charge in [0.1, 0.15) is 0 Å². The summed E-state index contributed by atoms with van der Waals surface area (Å²) < 4.78 is 0. The van der Waals surface area contributed by atoms with E-state index in [1.54, 1.807) is 0 Å². The summed E-state index contributed by atoms with van der Waals surface area (Å²) in [6.07, 6.45) is 3.27. The van der Waals surface area contributed by atoms with Gasteiger partial charge in [-0.05, 0) is 31.0 Å². The summed E-state index contributed by atoms with van der Waals surface area (Å²) >= 11 is 4.67. The van der Waals surface area contributed by atoms with Crippen LogP contribution in [0.5, 0.6) is 0 Å². The number of thiocarbonyl (C=S) groups is 1. The third kappa shape index (κ3) is 5.58. The number of nitrogens with two attached hydrogens (primary N) is 1. The van der Waals surface area contributed by atoms with E-state index in [2.05, 4.69) is 43.5 Å². The molecule has 0 spiro atoms. The van der Waals surface area contributed by atoms with Gasteiger partial charge < -0.3 is 5.73 Å². The van der Waals surface area contributed by atoms with Crippen LogP contribution >= 0.6 is 12.2 Å². The van der Waals surface area contributed by atoms with E-state index in [1.165, 1.54) is 6.42 Å². The first-order chi connectivity index (χ1) is 6.11. The highest BCUT2D eigenvalue weighted by Crippen LogP contribution is 2.09. The van der Waals surface area contributed by atoms with E-state index in [-0.39, 0.29) is 5.11 Å². The van der Waals surface area contributed by atoms with Gasteiger partial charge in [0.2, 0.25) is 0 Å². The van der Waals surface area contributed by atoms with Crippen molar-refractivity contribution in [2.45, 2.75) is 40.0 Å². The fourth-order valence-corrected chi connectivity index (χ4v) is 1.31. The molecule has 0 aromatic rings. The molecule has 4 heteroatoms. The highest BCUT2D eigenvalue weighted by molar-refractivity contribution is 7.80. The summed E-state index contributed by atoms with van der Waals surface area (Å²) in [6, 6.07) is 0. The van der Waals surface area contributed by atoms with Crippen LogP contribution in [-0.2, 0) is 0 Å². The summed E-state index contributed by atoms with van der Waals surface area (Å²) in [5.41, 5.74) is 9.05. The van der Waals surface area contributed by atoms with Crippen LogP contribution in [0.4, 0.5) is 0 Å². The van der Waals surface area contributed by atoms with Crippen molar-refractivity contribution in [2.75, 3.05) is 0 Å². The maximum atomic E-state index is 5.28. The third-order valence-electron chi connectivity index (χ3n) is 1.96. The molecule has 0 saturated heterocycles. The largest absolute Gasteiger partial charge is 0.375 e. The van der Waals surface area contributed by atoms with Crippen molar-refractivity contribution in [1.82, 2.24) is 5.43 Å². The minimum atomic E-state index is 0.231. The Balaban J connectivity index is 4.13. The van der Waals surface area contributed by atoms with Gasteiger partial charge in [-0.3, -0.25) is 5.43 Å². The number of hydrazone groups is 1. The minimum Gasteiger partial charge on any atom is -0.375 e. The molecule has 0 aromatic heterocycles. The van der Waals surface area contributed by atoms with Crippen molar-refractivity contribution >= 4 is 23.0 Å². The summed E-state index contributed by atoms with van der Waals surface area (Å²) in [5.74, 6) is 0.511. The van der Waals surface area contributed by atoms with E-state index in [0.29, 0.717) is 5.92 Å². The van der Waals surface area contributed by atoms with E-state index in [9.17, 15) is 0 Å². The Morgan fingerprint density at radius 2 is 2.15 bits per heavy atom. The fourth-order valence-electron chi connectivity index (χ4n) is 1.26. The number of nitrogens with zero attached hydrogens (tertiary/aromatic N) is 1. The van der Waals surface area contributed by atoms with E-state index in [1.807, 2.05) is 0 Å². The highest BCUT2D eigenvalue weighted by Gasteiger charge is 2.07. The second-order valence-electron chi connectivity index (χ2n) is 3.12. The normalized spacial score (nSPS) is 13.9. The molecule has 0 rings (SSSR count). The topological polar surface area (TPSA) is 50.4 Å². The Labute approximate surface area is 85.8 Å². The van der Waals surface area contributed by atoms with E-state index in [4.69, 9.17) is 5.73 Å². The number of hydrogen-bond donors (Lipinski definition) is 2. The molecule has 3 nitrogen and oxygen atoms in total. The van der Waals surface area contributed by atoms with Crippen molar-refractivity contribution in [3.63, 3.8) is 0 Å². The molecular formula is C9H19N3S. The van der Waals surface area contributed by atoms with Crippen molar-refractivity contribution in [1.29, 1.82) is 0 Å². The molecule has 3 N–H and O–H groups in total. The molecular weight excluding hydrogens is 182 g/mol. The maximum absolute atomic E-state index is 5.28. The average molecular weight is 201 g/mol. The summed E-state index contributed by atoms with van der Waals surface area (Å²) in [4.78, 5) is 0. The lowest BCUT2D eigenvalue weighted by atomic mass is 9.99. The Morgan fingerprint density at radius 3 is 2.54 bits per heavy atom. The summed E-state index contributed by atoms with van der Waals surface area (Å²) in [6.45, 7) is 6.43. The zero-order valence-corrected chi connectivity index (χ0v) is 9.45. The van der Waals surface area contributed by atoms with Crippen LogP contribution in [0.3, 0.4) is 0 Å². The van der Waals surface area contributed by atoms with Crippen LogP contribution in [0, 0.1) is 5.92 Å². The van der Waals surface area contributed by atoms with Crippen molar-refractivity contribution in [2.24, 2.45) is 16.8 Å². The average Bonchev–Trinajstić information content (AvgIpc) is 2.05. The number of nitrogens with one attached hydrogen (secondary N) is 1. The maximum Gasteiger partial charge on any atom is 0.184 e. The zero-order chi connectivity index (χ0) is 10.3. The molecule has 0 aliphatic heterocycles. The van der Waals surface area contributed by atoms with Crippen LogP contribution < -0.4 is 11.2 Å². The standard InChI is InChI=1S/C9H19N3S/c1-4-6-7(3)8(5-2)11-12-9(10)13/h7H,4-6H2,1-3H3,(H3,10,12,13)/b11-8-. The second-order valence-corrected chi connectivity index (χ2v) is 3.56. The quantitative estimate of drug-likeness (QED) is 0.406. The zero-order valence-electron chi connectivity index (χ0n) is 8.63. The molecule has 0 aliphatic rings. The fraction of sp³-hybridized carbons (Fsp3) is 0.778. The predicted octanol–water partition coefficient (Wildman–Crippen LogP) is 2.02. The Kier molecular flexibility index (Phi) is 6.49. The SMILES string of the molecule is CCCC(C)/C(CC)=N\NC(N)=S. The van der Waals surface area contributed by atoms with Gasteiger partial charge in [0.15, 0.2) is 5.11 Å². The van der Waals surface area contributed by atoms with Crippen LogP contribution in [0.15, 0.2) is 5.10 Å². The van der Waals surface area contributed by atoms with Gasteiger partial charge in [-0.2, -0.15) is 5.10 Å². The first-order valence-corrected chi connectivity index (χ1v) is 5.14. The molecule has 0 aromatic carbocycles. The number of rotatable bonds is 5. The molecule has 0 fully saturated rings. The van der Waals surface area contributed by atoms with Gasteiger partial charge in [0.25, 0.3) is 0 Å². The highest BCUT2D eigenvalue weighted by atomic mass is 32.1. The van der Waals surface area contributed by atoms with Gasteiger partial charge in [-0.15, -0.1) is 0 Å². The number of hydrogen-bond acceptors (Lipinski definition) is 2. The van der Waals surface area contributed by atoms with Crippen molar-refractivity contribution < 1.29 is 0 Å². The van der Waals surface area contributed by atoms with Crippen LogP contribution in [0.25, 0.3) is 0 Å². The van der Waals surface area contributed by atoms with Crippen LogP contribution in [0.2, 0.25) is 0 Å². The smallest absolute Gasteiger partial charge is 0.184 e. The summed E-state index contributed by atoms with van der Waals surface area (Å²) in [7, 11) is 0. The molecule has 1 unspecified atom stereocenters. The second kappa shape index (κ2) is 6.83. The molecule has 0 saturated carbocycles. The first kappa shape index (κ1) is 12.4. The Bertz CT molecular complexity index is 189. The van der Waals surface area contributed by atoms with Crippen molar-refractivity contribution in [3.05, 3.63) is 0 Å². The van der Waals surface area contributed by atoms with Crippen LogP contribution in [-0.4, -0.2) is 10.8 Å². The van der Waals surface area contributed by atoms with E-state index < -0.39 is 0 Å². The lowest BCUT2D eigenvalue weighted by Crippen LogP contribution is -2.26. The molecule has 0 aliphatic carbocycles. The van der Waals surface area contributed by atoms with Gasteiger partial charge in [-0.25, -0.2) is 0 Å². The molecule has 0 heterocycles. The van der Waals surface area contributed by atoms with Gasteiger partial charge in [0.05, 0.1) is 0 Å². The lowest BCUT2D eigenvalue weighted by Gasteiger charge is -2.11. The van der Waals surface area contributed by atoms with E-state index in [0.717, 1.165) is 18.6 Å². The third-order valence-corrected chi connectivity index (χ3v) is 2.05.